The second-order valence-corrected chi connectivity index (χ2v) is 9.72. The van der Waals surface area contributed by atoms with Crippen LogP contribution in [0.1, 0.15) is 13.7 Å². The van der Waals surface area contributed by atoms with Crippen LogP contribution in [0.15, 0.2) is 156 Å². The van der Waals surface area contributed by atoms with Crippen LogP contribution in [0.25, 0.3) is 78.4 Å². The minimum Gasteiger partial charge on any atom is -0.455 e. The molecule has 0 N–H and O–H groups in total. The standard InChI is InChI=1S/C39H25N3O/c1-4-12-26(13-5-1)27-22-24-30(25-23-27)38-40-37(29-16-8-3-9-17-29)41-39(42-38)34-21-11-20-33-32-19-10-18-31(35(32)43-36(33)34)28-14-6-2-7-15-28/h1-25H/i1D,2D,4D,5D,6D,7D,12D,13D,14D,15D. The number of hydrogen-bond acceptors (Lipinski definition) is 4. The molecule has 0 aliphatic heterocycles. The monoisotopic (exact) mass is 561 g/mol. The Labute approximate surface area is 263 Å². The van der Waals surface area contributed by atoms with Gasteiger partial charge >= 0.3 is 0 Å². The minimum absolute atomic E-state index is 0.0306. The van der Waals surface area contributed by atoms with E-state index >= 15 is 0 Å². The molecule has 202 valence electrons. The highest BCUT2D eigenvalue weighted by Gasteiger charge is 2.19. The first kappa shape index (κ1) is 16.5. The predicted octanol–water partition coefficient (Wildman–Crippen LogP) is 10.1. The number of fused-ring (bicyclic) bond motifs is 3. The maximum Gasteiger partial charge on any atom is 0.167 e. The lowest BCUT2D eigenvalue weighted by Crippen LogP contribution is -2.00. The quantitative estimate of drug-likeness (QED) is 0.210. The van der Waals surface area contributed by atoms with Gasteiger partial charge in [0.25, 0.3) is 0 Å². The zero-order valence-corrected chi connectivity index (χ0v) is 22.4. The summed E-state index contributed by atoms with van der Waals surface area (Å²) >= 11 is 0. The molecule has 0 aliphatic carbocycles. The number of rotatable bonds is 5. The van der Waals surface area contributed by atoms with E-state index in [4.69, 9.17) is 33.1 Å². The highest BCUT2D eigenvalue weighted by Crippen LogP contribution is 2.39. The maximum atomic E-state index is 8.60. The van der Waals surface area contributed by atoms with Crippen molar-refractivity contribution in [2.45, 2.75) is 0 Å². The fourth-order valence-electron chi connectivity index (χ4n) is 5.10. The van der Waals surface area contributed by atoms with Crippen molar-refractivity contribution in [3.63, 3.8) is 0 Å². The van der Waals surface area contributed by atoms with Gasteiger partial charge in [-0.1, -0.05) is 145 Å². The molecule has 8 rings (SSSR count). The summed E-state index contributed by atoms with van der Waals surface area (Å²) < 4.78 is 89.1. The van der Waals surface area contributed by atoms with Crippen molar-refractivity contribution in [3.05, 3.63) is 151 Å². The minimum atomic E-state index is -0.480. The van der Waals surface area contributed by atoms with E-state index in [2.05, 4.69) is 0 Å². The van der Waals surface area contributed by atoms with Gasteiger partial charge < -0.3 is 4.42 Å². The Bertz CT molecular complexity index is 2730. The molecule has 0 unspecified atom stereocenters. The summed E-state index contributed by atoms with van der Waals surface area (Å²) in [5, 5.41) is 1.38. The Kier molecular flexibility index (Phi) is 4.04. The zero-order chi connectivity index (χ0) is 37.3. The fourth-order valence-corrected chi connectivity index (χ4v) is 5.10. The van der Waals surface area contributed by atoms with E-state index in [1.54, 1.807) is 36.4 Å². The summed E-state index contributed by atoms with van der Waals surface area (Å²) in [5.74, 6) is 0.986. The van der Waals surface area contributed by atoms with Crippen molar-refractivity contribution in [3.8, 4) is 56.4 Å². The molecule has 0 atom stereocenters. The van der Waals surface area contributed by atoms with Crippen LogP contribution >= 0.6 is 0 Å². The average molecular weight is 562 g/mol. The van der Waals surface area contributed by atoms with E-state index in [0.717, 1.165) is 5.56 Å². The van der Waals surface area contributed by atoms with Gasteiger partial charge in [-0.05, 0) is 22.8 Å². The molecule has 6 aromatic carbocycles. The molecule has 0 saturated carbocycles. The SMILES string of the molecule is [2H]c1c([2H])c([2H])c(-c2ccc(-c3nc(-c4ccccc4)nc(-c4cccc5c4oc4c(-c6c([2H])c([2H])c([2H])c([2H])c6[2H])cccc45)n3)cc2)c([2H])c1[2H]. The van der Waals surface area contributed by atoms with E-state index < -0.39 is 36.3 Å². The molecule has 0 bridgehead atoms. The van der Waals surface area contributed by atoms with Gasteiger partial charge in [-0.3, -0.25) is 0 Å². The van der Waals surface area contributed by atoms with Crippen molar-refractivity contribution in [1.82, 2.24) is 15.0 Å². The molecular formula is C39H25N3O. The van der Waals surface area contributed by atoms with Crippen LogP contribution in [-0.4, -0.2) is 15.0 Å². The normalized spacial score (nSPS) is 14.5. The van der Waals surface area contributed by atoms with Gasteiger partial charge in [0.15, 0.2) is 17.5 Å². The molecule has 0 radical (unpaired) electrons. The smallest absolute Gasteiger partial charge is 0.167 e. The number of benzene rings is 6. The van der Waals surface area contributed by atoms with Crippen molar-refractivity contribution in [2.24, 2.45) is 0 Å². The molecule has 2 aromatic heterocycles. The highest BCUT2D eigenvalue weighted by atomic mass is 16.3. The second-order valence-electron chi connectivity index (χ2n) is 9.72. The van der Waals surface area contributed by atoms with Crippen LogP contribution in [0.2, 0.25) is 0 Å². The summed E-state index contributed by atoms with van der Waals surface area (Å²) in [6.45, 7) is 0. The van der Waals surface area contributed by atoms with Crippen LogP contribution < -0.4 is 0 Å². The number of hydrogen-bond donors (Lipinski definition) is 0. The van der Waals surface area contributed by atoms with E-state index in [9.17, 15) is 0 Å². The van der Waals surface area contributed by atoms with Gasteiger partial charge in [-0.15, -0.1) is 0 Å². The topological polar surface area (TPSA) is 51.8 Å². The van der Waals surface area contributed by atoms with E-state index in [1.165, 1.54) is 0 Å². The van der Waals surface area contributed by atoms with Gasteiger partial charge in [0.05, 0.1) is 19.3 Å². The third-order valence-electron chi connectivity index (χ3n) is 7.13. The van der Waals surface area contributed by atoms with Gasteiger partial charge in [0.1, 0.15) is 11.2 Å². The van der Waals surface area contributed by atoms with Crippen molar-refractivity contribution < 1.29 is 18.1 Å². The number of para-hydroxylation sites is 2. The fraction of sp³-hybridized carbons (Fsp3) is 0. The highest BCUT2D eigenvalue weighted by molar-refractivity contribution is 6.12. The van der Waals surface area contributed by atoms with Crippen LogP contribution in [-0.2, 0) is 0 Å². The lowest BCUT2D eigenvalue weighted by molar-refractivity contribution is 0.670. The predicted molar refractivity (Wildman–Crippen MR) is 174 cm³/mol. The van der Waals surface area contributed by atoms with E-state index in [0.29, 0.717) is 55.8 Å². The summed E-state index contributed by atoms with van der Waals surface area (Å²) in [6.07, 6.45) is 0. The summed E-state index contributed by atoms with van der Waals surface area (Å²) in [6, 6.07) is 23.0. The maximum absolute atomic E-state index is 8.60. The molecule has 2 heterocycles. The Morgan fingerprint density at radius 2 is 0.907 bits per heavy atom. The first-order valence-electron chi connectivity index (χ1n) is 18.5. The molecule has 0 amide bonds. The number of aromatic nitrogens is 3. The summed E-state index contributed by atoms with van der Waals surface area (Å²) in [7, 11) is 0. The third-order valence-corrected chi connectivity index (χ3v) is 7.13. The van der Waals surface area contributed by atoms with Crippen molar-refractivity contribution >= 4 is 21.9 Å². The Morgan fingerprint density at radius 1 is 0.395 bits per heavy atom. The average Bonchev–Trinajstić information content (AvgIpc) is 3.58. The Balaban J connectivity index is 1.31. The van der Waals surface area contributed by atoms with Crippen molar-refractivity contribution in [2.75, 3.05) is 0 Å². The molecule has 43 heavy (non-hydrogen) atoms. The molecule has 0 spiro atoms. The van der Waals surface area contributed by atoms with Crippen LogP contribution in [0.5, 0.6) is 0 Å². The molecule has 4 nitrogen and oxygen atoms in total. The first-order valence-corrected chi connectivity index (χ1v) is 13.5. The molecular weight excluding hydrogens is 526 g/mol. The molecule has 0 saturated heterocycles. The first-order chi connectivity index (χ1) is 25.5. The van der Waals surface area contributed by atoms with Gasteiger partial charge in [-0.25, -0.2) is 15.0 Å². The molecule has 0 fully saturated rings. The second kappa shape index (κ2) is 10.5. The molecule has 0 aliphatic rings. The zero-order valence-electron chi connectivity index (χ0n) is 32.4. The summed E-state index contributed by atoms with van der Waals surface area (Å²) in [4.78, 5) is 14.5. The summed E-state index contributed by atoms with van der Waals surface area (Å²) in [5.41, 5.74) is 3.51. The van der Waals surface area contributed by atoms with Crippen LogP contribution in [0.3, 0.4) is 0 Å². The van der Waals surface area contributed by atoms with Crippen molar-refractivity contribution in [1.29, 1.82) is 0 Å². The van der Waals surface area contributed by atoms with E-state index in [1.807, 2.05) is 54.6 Å². The van der Waals surface area contributed by atoms with Gasteiger partial charge in [-0.2, -0.15) is 0 Å². The lowest BCUT2D eigenvalue weighted by Gasteiger charge is -2.09. The van der Waals surface area contributed by atoms with Crippen LogP contribution in [0, 0.1) is 0 Å². The number of furan rings is 1. The molecule has 8 aromatic rings. The number of nitrogens with zero attached hydrogens (tertiary/aromatic N) is 3. The van der Waals surface area contributed by atoms with Gasteiger partial charge in [0, 0.05) is 27.5 Å². The van der Waals surface area contributed by atoms with Crippen LogP contribution in [0.4, 0.5) is 0 Å². The Morgan fingerprint density at radius 3 is 1.56 bits per heavy atom. The largest absolute Gasteiger partial charge is 0.455 e. The lowest BCUT2D eigenvalue weighted by atomic mass is 10.0. The molecule has 4 heteroatoms. The Hall–Kier alpha value is -5.87. The third kappa shape index (κ3) is 4.55. The van der Waals surface area contributed by atoms with E-state index in [-0.39, 0.29) is 41.1 Å². The van der Waals surface area contributed by atoms with Gasteiger partial charge in [0.2, 0.25) is 0 Å².